The molecular formula is C19H17ClN4O2. The Kier molecular flexibility index (Phi) is 5.66. The monoisotopic (exact) mass is 368 g/mol. The number of benzene rings is 1. The van der Waals surface area contributed by atoms with Crippen molar-refractivity contribution in [3.63, 3.8) is 0 Å². The van der Waals surface area contributed by atoms with Gasteiger partial charge in [0.05, 0.1) is 24.4 Å². The minimum absolute atomic E-state index is 0.255. The van der Waals surface area contributed by atoms with Crippen molar-refractivity contribution in [3.05, 3.63) is 77.2 Å². The van der Waals surface area contributed by atoms with Gasteiger partial charge in [0.25, 0.3) is 5.91 Å². The van der Waals surface area contributed by atoms with E-state index in [1.54, 1.807) is 42.7 Å². The summed E-state index contributed by atoms with van der Waals surface area (Å²) in [5, 5.41) is 6.39. The van der Waals surface area contributed by atoms with Crippen LogP contribution in [0.5, 0.6) is 5.75 Å². The summed E-state index contributed by atoms with van der Waals surface area (Å²) < 4.78 is 5.10. The summed E-state index contributed by atoms with van der Waals surface area (Å²) in [6, 6.07) is 14.1. The molecule has 0 unspecified atom stereocenters. The molecule has 0 spiro atoms. The van der Waals surface area contributed by atoms with Gasteiger partial charge >= 0.3 is 0 Å². The van der Waals surface area contributed by atoms with Crippen molar-refractivity contribution in [1.82, 2.24) is 9.97 Å². The van der Waals surface area contributed by atoms with Gasteiger partial charge < -0.3 is 15.4 Å². The van der Waals surface area contributed by atoms with E-state index >= 15 is 0 Å². The maximum atomic E-state index is 12.5. The molecule has 1 aromatic carbocycles. The third-order valence-electron chi connectivity index (χ3n) is 3.61. The molecule has 132 valence electrons. The normalized spacial score (nSPS) is 10.2. The number of methoxy groups -OCH3 is 1. The smallest absolute Gasteiger partial charge is 0.255 e. The lowest BCUT2D eigenvalue weighted by atomic mass is 10.2. The van der Waals surface area contributed by atoms with Gasteiger partial charge in [0, 0.05) is 23.6 Å². The van der Waals surface area contributed by atoms with Gasteiger partial charge in [0.15, 0.2) is 0 Å². The molecule has 0 radical (unpaired) electrons. The first kappa shape index (κ1) is 17.7. The van der Waals surface area contributed by atoms with Crippen LogP contribution < -0.4 is 15.4 Å². The number of carbonyl (C=O) groups excluding carboxylic acids is 1. The van der Waals surface area contributed by atoms with Crippen LogP contribution in [-0.4, -0.2) is 23.0 Å². The van der Waals surface area contributed by atoms with Crippen LogP contribution in [0.3, 0.4) is 0 Å². The molecule has 0 atom stereocenters. The first-order valence-corrected chi connectivity index (χ1v) is 8.28. The van der Waals surface area contributed by atoms with E-state index in [2.05, 4.69) is 20.6 Å². The molecule has 1 amide bonds. The number of nitrogens with one attached hydrogen (secondary N) is 2. The Labute approximate surface area is 156 Å². The van der Waals surface area contributed by atoms with Crippen molar-refractivity contribution in [2.75, 3.05) is 17.7 Å². The highest BCUT2D eigenvalue weighted by molar-refractivity contribution is 6.32. The summed E-state index contributed by atoms with van der Waals surface area (Å²) in [6.45, 7) is 0.521. The standard InChI is InChI=1S/C19H17ClN4O2/c1-26-17-6-5-14(11-16(17)20)24-19(25)13-7-9-22-18(10-13)23-12-15-4-2-3-8-21-15/h2-11H,12H2,1H3,(H,22,23)(H,24,25). The number of aromatic nitrogens is 2. The fraction of sp³-hybridized carbons (Fsp3) is 0.105. The van der Waals surface area contributed by atoms with E-state index in [9.17, 15) is 4.79 Å². The van der Waals surface area contributed by atoms with Crippen molar-refractivity contribution < 1.29 is 9.53 Å². The van der Waals surface area contributed by atoms with Crippen LogP contribution in [0.2, 0.25) is 5.02 Å². The number of amides is 1. The molecule has 0 saturated carbocycles. The van der Waals surface area contributed by atoms with E-state index in [4.69, 9.17) is 16.3 Å². The van der Waals surface area contributed by atoms with Crippen LogP contribution in [0.25, 0.3) is 0 Å². The second kappa shape index (κ2) is 8.31. The third-order valence-corrected chi connectivity index (χ3v) is 3.90. The Morgan fingerprint density at radius 1 is 1.12 bits per heavy atom. The molecular weight excluding hydrogens is 352 g/mol. The summed E-state index contributed by atoms with van der Waals surface area (Å²) in [4.78, 5) is 20.9. The first-order valence-electron chi connectivity index (χ1n) is 7.90. The Morgan fingerprint density at radius 3 is 2.73 bits per heavy atom. The zero-order valence-electron chi connectivity index (χ0n) is 14.1. The number of nitrogens with zero attached hydrogens (tertiary/aromatic N) is 2. The number of anilines is 2. The highest BCUT2D eigenvalue weighted by atomic mass is 35.5. The van der Waals surface area contributed by atoms with Crippen LogP contribution in [-0.2, 0) is 6.54 Å². The van der Waals surface area contributed by atoms with Crippen molar-refractivity contribution in [2.24, 2.45) is 0 Å². The van der Waals surface area contributed by atoms with E-state index in [1.807, 2.05) is 18.2 Å². The number of ether oxygens (including phenoxy) is 1. The molecule has 2 N–H and O–H groups in total. The largest absolute Gasteiger partial charge is 0.495 e. The lowest BCUT2D eigenvalue weighted by molar-refractivity contribution is 0.102. The molecule has 6 nitrogen and oxygen atoms in total. The van der Waals surface area contributed by atoms with Gasteiger partial charge in [-0.15, -0.1) is 0 Å². The Balaban J connectivity index is 1.67. The Hall–Kier alpha value is -3.12. The third kappa shape index (κ3) is 4.49. The fourth-order valence-corrected chi connectivity index (χ4v) is 2.56. The van der Waals surface area contributed by atoms with Gasteiger partial charge in [-0.3, -0.25) is 9.78 Å². The topological polar surface area (TPSA) is 76.1 Å². The second-order valence-corrected chi connectivity index (χ2v) is 5.82. The summed E-state index contributed by atoms with van der Waals surface area (Å²) >= 11 is 6.08. The first-order chi connectivity index (χ1) is 12.7. The van der Waals surface area contributed by atoms with E-state index in [0.717, 1.165) is 5.69 Å². The number of halogens is 1. The van der Waals surface area contributed by atoms with Crippen LogP contribution >= 0.6 is 11.6 Å². The van der Waals surface area contributed by atoms with Crippen molar-refractivity contribution in [3.8, 4) is 5.75 Å². The molecule has 26 heavy (non-hydrogen) atoms. The van der Waals surface area contributed by atoms with Gasteiger partial charge in [0.1, 0.15) is 11.6 Å². The molecule has 2 heterocycles. The SMILES string of the molecule is COc1ccc(NC(=O)c2ccnc(NCc3ccccn3)c2)cc1Cl. The molecule has 7 heteroatoms. The fourth-order valence-electron chi connectivity index (χ4n) is 2.30. The summed E-state index contributed by atoms with van der Waals surface area (Å²) in [5.74, 6) is 0.889. The zero-order chi connectivity index (χ0) is 18.4. The molecule has 2 aromatic heterocycles. The summed E-state index contributed by atoms with van der Waals surface area (Å²) in [6.07, 6.45) is 3.31. The minimum Gasteiger partial charge on any atom is -0.495 e. The van der Waals surface area contributed by atoms with Crippen LogP contribution in [0.4, 0.5) is 11.5 Å². The van der Waals surface area contributed by atoms with Crippen molar-refractivity contribution in [1.29, 1.82) is 0 Å². The lowest BCUT2D eigenvalue weighted by Gasteiger charge is -2.09. The molecule has 0 aliphatic carbocycles. The van der Waals surface area contributed by atoms with E-state index in [-0.39, 0.29) is 5.91 Å². The molecule has 0 fully saturated rings. The maximum Gasteiger partial charge on any atom is 0.255 e. The zero-order valence-corrected chi connectivity index (χ0v) is 14.8. The van der Waals surface area contributed by atoms with Gasteiger partial charge in [-0.1, -0.05) is 17.7 Å². The highest BCUT2D eigenvalue weighted by Gasteiger charge is 2.09. The quantitative estimate of drug-likeness (QED) is 0.687. The molecule has 0 bridgehead atoms. The van der Waals surface area contributed by atoms with E-state index in [0.29, 0.717) is 34.4 Å². The average molecular weight is 369 g/mol. The maximum absolute atomic E-state index is 12.5. The van der Waals surface area contributed by atoms with Crippen LogP contribution in [0, 0.1) is 0 Å². The van der Waals surface area contributed by atoms with Gasteiger partial charge in [0.2, 0.25) is 0 Å². The minimum atomic E-state index is -0.255. The summed E-state index contributed by atoms with van der Waals surface area (Å²) in [5.41, 5.74) is 1.95. The molecule has 0 saturated heterocycles. The van der Waals surface area contributed by atoms with Gasteiger partial charge in [-0.05, 0) is 42.5 Å². The number of hydrogen-bond acceptors (Lipinski definition) is 5. The lowest BCUT2D eigenvalue weighted by Crippen LogP contribution is -2.13. The number of rotatable bonds is 6. The molecule has 0 aliphatic heterocycles. The van der Waals surface area contributed by atoms with Crippen molar-refractivity contribution >= 4 is 29.0 Å². The summed E-state index contributed by atoms with van der Waals surface area (Å²) in [7, 11) is 1.54. The number of pyridine rings is 2. The number of carbonyl (C=O) groups is 1. The van der Waals surface area contributed by atoms with Crippen molar-refractivity contribution in [2.45, 2.75) is 6.54 Å². The molecule has 3 rings (SSSR count). The van der Waals surface area contributed by atoms with Crippen LogP contribution in [0.15, 0.2) is 60.9 Å². The Morgan fingerprint density at radius 2 is 2.00 bits per heavy atom. The molecule has 3 aromatic rings. The highest BCUT2D eigenvalue weighted by Crippen LogP contribution is 2.27. The predicted octanol–water partition coefficient (Wildman–Crippen LogP) is 4.00. The average Bonchev–Trinajstić information content (AvgIpc) is 2.67. The van der Waals surface area contributed by atoms with Gasteiger partial charge in [-0.2, -0.15) is 0 Å². The van der Waals surface area contributed by atoms with Gasteiger partial charge in [-0.25, -0.2) is 4.98 Å². The molecule has 0 aliphatic rings. The Bertz CT molecular complexity index is 903. The van der Waals surface area contributed by atoms with Crippen LogP contribution in [0.1, 0.15) is 16.1 Å². The second-order valence-electron chi connectivity index (χ2n) is 5.41. The number of hydrogen-bond donors (Lipinski definition) is 2. The predicted molar refractivity (Wildman–Crippen MR) is 102 cm³/mol. The van der Waals surface area contributed by atoms with E-state index in [1.165, 1.54) is 7.11 Å². The van der Waals surface area contributed by atoms with E-state index < -0.39 is 0 Å².